The first kappa shape index (κ1) is 14.5. The molecule has 1 N–H and O–H groups in total. The van der Waals surface area contributed by atoms with E-state index in [1.54, 1.807) is 38.1 Å². The molecule has 0 aromatic heterocycles. The number of hydrogen-bond donors (Lipinski definition) is 1. The zero-order valence-corrected chi connectivity index (χ0v) is 12.0. The lowest BCUT2D eigenvalue weighted by Gasteiger charge is -2.19. The molecule has 0 heterocycles. The van der Waals surface area contributed by atoms with Crippen LogP contribution >= 0.6 is 0 Å². The van der Waals surface area contributed by atoms with Crippen LogP contribution in [0.4, 0.5) is 4.39 Å². The molecule has 0 saturated heterocycles. The van der Waals surface area contributed by atoms with Gasteiger partial charge in [-0.3, -0.25) is 0 Å². The van der Waals surface area contributed by atoms with E-state index in [1.807, 2.05) is 19.1 Å². The third kappa shape index (κ3) is 3.58. The number of aryl methyl sites for hydroxylation is 1. The number of benzene rings is 2. The molecule has 2 nitrogen and oxygen atoms in total. The maximum absolute atomic E-state index is 13.5. The minimum atomic E-state index is -0.928. The molecule has 0 fully saturated rings. The second-order valence-corrected chi connectivity index (χ2v) is 5.47. The van der Waals surface area contributed by atoms with Gasteiger partial charge in [-0.05, 0) is 50.1 Å². The Bertz CT molecular complexity index is 600. The van der Waals surface area contributed by atoms with Crippen molar-refractivity contribution in [3.63, 3.8) is 0 Å². The van der Waals surface area contributed by atoms with Crippen molar-refractivity contribution in [1.82, 2.24) is 0 Å². The highest BCUT2D eigenvalue weighted by molar-refractivity contribution is 5.36. The second kappa shape index (κ2) is 5.63. The molecule has 0 spiro atoms. The second-order valence-electron chi connectivity index (χ2n) is 5.47. The van der Waals surface area contributed by atoms with Crippen LogP contribution in [0.5, 0.6) is 5.75 Å². The summed E-state index contributed by atoms with van der Waals surface area (Å²) in [5, 5.41) is 10.1. The number of aliphatic hydroxyl groups is 1. The summed E-state index contributed by atoms with van der Waals surface area (Å²) >= 11 is 0. The minimum absolute atomic E-state index is 0.168. The van der Waals surface area contributed by atoms with Gasteiger partial charge in [-0.1, -0.05) is 24.3 Å². The van der Waals surface area contributed by atoms with Crippen LogP contribution in [0.25, 0.3) is 0 Å². The summed E-state index contributed by atoms with van der Waals surface area (Å²) in [5.41, 5.74) is 1.36. The molecule has 2 rings (SSSR count). The highest BCUT2D eigenvalue weighted by atomic mass is 19.1. The summed E-state index contributed by atoms with van der Waals surface area (Å²) in [4.78, 5) is 0. The summed E-state index contributed by atoms with van der Waals surface area (Å²) in [7, 11) is 0. The van der Waals surface area contributed by atoms with Crippen LogP contribution in [0.1, 0.15) is 30.5 Å². The van der Waals surface area contributed by atoms with Crippen molar-refractivity contribution < 1.29 is 14.2 Å². The van der Waals surface area contributed by atoms with Crippen molar-refractivity contribution >= 4 is 0 Å². The Morgan fingerprint density at radius 2 is 1.85 bits per heavy atom. The average molecular weight is 274 g/mol. The van der Waals surface area contributed by atoms with E-state index in [2.05, 4.69) is 0 Å². The number of rotatable bonds is 4. The normalized spacial score (nSPS) is 11.4. The fourth-order valence-electron chi connectivity index (χ4n) is 1.96. The van der Waals surface area contributed by atoms with Gasteiger partial charge in [0.1, 0.15) is 18.2 Å². The molecule has 2 aromatic rings. The van der Waals surface area contributed by atoms with Crippen molar-refractivity contribution in [1.29, 1.82) is 0 Å². The third-order valence-electron chi connectivity index (χ3n) is 3.11. The van der Waals surface area contributed by atoms with Gasteiger partial charge in [-0.2, -0.15) is 0 Å². The maximum atomic E-state index is 13.5. The van der Waals surface area contributed by atoms with E-state index in [1.165, 1.54) is 6.07 Å². The Hall–Kier alpha value is -1.87. The molecule has 0 radical (unpaired) electrons. The van der Waals surface area contributed by atoms with Gasteiger partial charge < -0.3 is 9.84 Å². The lowest BCUT2D eigenvalue weighted by Crippen LogP contribution is -2.15. The SMILES string of the molecule is Cc1cc(OCc2ccccc2F)cc(C(C)(C)O)c1. The predicted octanol–water partition coefficient (Wildman–Crippen LogP) is 3.94. The van der Waals surface area contributed by atoms with Gasteiger partial charge in [0.15, 0.2) is 0 Å². The van der Waals surface area contributed by atoms with Gasteiger partial charge in [0, 0.05) is 5.56 Å². The molecule has 0 aliphatic rings. The molecule has 3 heteroatoms. The Balaban J connectivity index is 2.18. The number of hydrogen-bond acceptors (Lipinski definition) is 2. The maximum Gasteiger partial charge on any atom is 0.129 e. The average Bonchev–Trinajstić information content (AvgIpc) is 2.36. The largest absolute Gasteiger partial charge is 0.489 e. The van der Waals surface area contributed by atoms with E-state index in [-0.39, 0.29) is 12.4 Å². The molecule has 0 aliphatic heterocycles. The lowest BCUT2D eigenvalue weighted by molar-refractivity contribution is 0.0781. The summed E-state index contributed by atoms with van der Waals surface area (Å²) in [6.07, 6.45) is 0. The predicted molar refractivity (Wildman–Crippen MR) is 77.2 cm³/mol. The molecule has 20 heavy (non-hydrogen) atoms. The summed E-state index contributed by atoms with van der Waals surface area (Å²) in [6, 6.07) is 12.1. The van der Waals surface area contributed by atoms with E-state index in [9.17, 15) is 9.50 Å². The van der Waals surface area contributed by atoms with Crippen molar-refractivity contribution in [3.8, 4) is 5.75 Å². The van der Waals surface area contributed by atoms with Gasteiger partial charge in [0.2, 0.25) is 0 Å². The zero-order chi connectivity index (χ0) is 14.8. The lowest BCUT2D eigenvalue weighted by atomic mass is 9.96. The van der Waals surface area contributed by atoms with Crippen LogP contribution in [-0.4, -0.2) is 5.11 Å². The van der Waals surface area contributed by atoms with Crippen LogP contribution < -0.4 is 4.74 Å². The highest BCUT2D eigenvalue weighted by Gasteiger charge is 2.17. The Kier molecular flexibility index (Phi) is 4.09. The van der Waals surface area contributed by atoms with E-state index in [0.29, 0.717) is 11.3 Å². The van der Waals surface area contributed by atoms with Crippen LogP contribution in [0.2, 0.25) is 0 Å². The van der Waals surface area contributed by atoms with E-state index < -0.39 is 5.60 Å². The third-order valence-corrected chi connectivity index (χ3v) is 3.11. The van der Waals surface area contributed by atoms with Crippen LogP contribution in [0, 0.1) is 12.7 Å². The van der Waals surface area contributed by atoms with E-state index in [0.717, 1.165) is 11.1 Å². The first-order valence-corrected chi connectivity index (χ1v) is 6.57. The quantitative estimate of drug-likeness (QED) is 0.915. The molecule has 0 bridgehead atoms. The molecule has 2 aromatic carbocycles. The van der Waals surface area contributed by atoms with Gasteiger partial charge in [-0.25, -0.2) is 4.39 Å². The molecule has 0 unspecified atom stereocenters. The highest BCUT2D eigenvalue weighted by Crippen LogP contribution is 2.26. The number of ether oxygens (including phenoxy) is 1. The summed E-state index contributed by atoms with van der Waals surface area (Å²) in [5.74, 6) is 0.355. The van der Waals surface area contributed by atoms with Crippen molar-refractivity contribution in [2.45, 2.75) is 33.0 Å². The molecular weight excluding hydrogens is 255 g/mol. The summed E-state index contributed by atoms with van der Waals surface area (Å²) < 4.78 is 19.2. The smallest absolute Gasteiger partial charge is 0.129 e. The fraction of sp³-hybridized carbons (Fsp3) is 0.294. The molecule has 106 valence electrons. The van der Waals surface area contributed by atoms with Gasteiger partial charge >= 0.3 is 0 Å². The minimum Gasteiger partial charge on any atom is -0.489 e. The van der Waals surface area contributed by atoms with Crippen LogP contribution in [0.15, 0.2) is 42.5 Å². The van der Waals surface area contributed by atoms with Gasteiger partial charge in [0.25, 0.3) is 0 Å². The first-order chi connectivity index (χ1) is 9.36. The van der Waals surface area contributed by atoms with Crippen molar-refractivity contribution in [3.05, 3.63) is 65.0 Å². The first-order valence-electron chi connectivity index (χ1n) is 6.57. The molecule has 0 atom stereocenters. The van der Waals surface area contributed by atoms with E-state index in [4.69, 9.17) is 4.74 Å². The monoisotopic (exact) mass is 274 g/mol. The number of halogens is 1. The fourth-order valence-corrected chi connectivity index (χ4v) is 1.96. The standard InChI is InChI=1S/C17H19FO2/c1-12-8-14(17(2,3)19)10-15(9-12)20-11-13-6-4-5-7-16(13)18/h4-10,19H,11H2,1-3H3. The zero-order valence-electron chi connectivity index (χ0n) is 12.0. The molecule has 0 amide bonds. The molecule has 0 aliphatic carbocycles. The van der Waals surface area contributed by atoms with Crippen LogP contribution in [0.3, 0.4) is 0 Å². The molecule has 0 saturated carbocycles. The topological polar surface area (TPSA) is 29.5 Å². The Morgan fingerprint density at radius 1 is 1.15 bits per heavy atom. The van der Waals surface area contributed by atoms with Gasteiger partial charge in [-0.15, -0.1) is 0 Å². The Morgan fingerprint density at radius 3 is 2.50 bits per heavy atom. The van der Waals surface area contributed by atoms with Crippen molar-refractivity contribution in [2.75, 3.05) is 0 Å². The Labute approximate surface area is 118 Å². The van der Waals surface area contributed by atoms with E-state index >= 15 is 0 Å². The van der Waals surface area contributed by atoms with Crippen LogP contribution in [-0.2, 0) is 12.2 Å². The molecular formula is C17H19FO2. The summed E-state index contributed by atoms with van der Waals surface area (Å²) in [6.45, 7) is 5.55. The van der Waals surface area contributed by atoms with Gasteiger partial charge in [0.05, 0.1) is 5.60 Å². The van der Waals surface area contributed by atoms with Crippen molar-refractivity contribution in [2.24, 2.45) is 0 Å².